The number of nitrogens with one attached hydrogen (secondary N) is 1. The van der Waals surface area contributed by atoms with Gasteiger partial charge in [0.15, 0.2) is 5.65 Å². The van der Waals surface area contributed by atoms with Gasteiger partial charge >= 0.3 is 0 Å². The first-order valence-corrected chi connectivity index (χ1v) is 10.3. The number of carbonyl (C=O) groups excluding carboxylic acids is 1. The molecule has 2 aromatic carbocycles. The van der Waals surface area contributed by atoms with Gasteiger partial charge in [0.25, 0.3) is 5.56 Å². The summed E-state index contributed by atoms with van der Waals surface area (Å²) < 4.78 is 4.15. The van der Waals surface area contributed by atoms with Gasteiger partial charge in [-0.3, -0.25) is 14.2 Å². The molecule has 4 aromatic rings. The molecule has 0 spiro atoms. The molecule has 0 unspecified atom stereocenters. The van der Waals surface area contributed by atoms with Gasteiger partial charge in [-0.25, -0.2) is 9.67 Å². The van der Waals surface area contributed by atoms with Gasteiger partial charge in [0.05, 0.1) is 11.9 Å². The Hall–Kier alpha value is -3.26. The SMILES string of the molecule is Cc1cc(NC(=O)CCn2c(C)nc3c(cnn3-c3ccccc3)c2=O)ccc1Br. The summed E-state index contributed by atoms with van der Waals surface area (Å²) in [5, 5.41) is 7.63. The van der Waals surface area contributed by atoms with E-state index >= 15 is 0 Å². The van der Waals surface area contributed by atoms with E-state index in [1.54, 1.807) is 11.6 Å². The van der Waals surface area contributed by atoms with Crippen LogP contribution >= 0.6 is 15.9 Å². The van der Waals surface area contributed by atoms with Crippen LogP contribution in [0.2, 0.25) is 0 Å². The van der Waals surface area contributed by atoms with Crippen molar-refractivity contribution >= 4 is 38.6 Å². The highest BCUT2D eigenvalue weighted by atomic mass is 79.9. The van der Waals surface area contributed by atoms with Gasteiger partial charge in [0.1, 0.15) is 11.2 Å². The molecule has 2 heterocycles. The lowest BCUT2D eigenvalue weighted by Gasteiger charge is -2.11. The maximum Gasteiger partial charge on any atom is 0.264 e. The predicted molar refractivity (Wildman–Crippen MR) is 120 cm³/mol. The van der Waals surface area contributed by atoms with Gasteiger partial charge in [-0.05, 0) is 49.7 Å². The molecule has 7 nitrogen and oxygen atoms in total. The van der Waals surface area contributed by atoms with Gasteiger partial charge in [0, 0.05) is 23.1 Å². The number of benzene rings is 2. The molecule has 8 heteroatoms. The van der Waals surface area contributed by atoms with Crippen molar-refractivity contribution in [3.05, 3.63) is 80.9 Å². The van der Waals surface area contributed by atoms with Crippen molar-refractivity contribution in [3.63, 3.8) is 0 Å². The summed E-state index contributed by atoms with van der Waals surface area (Å²) in [6.45, 7) is 3.96. The van der Waals surface area contributed by atoms with E-state index in [2.05, 4.69) is 31.3 Å². The van der Waals surface area contributed by atoms with E-state index in [0.717, 1.165) is 21.4 Å². The highest BCUT2D eigenvalue weighted by molar-refractivity contribution is 9.10. The number of para-hydroxylation sites is 1. The predicted octanol–water partition coefficient (Wildman–Crippen LogP) is 3.99. The molecule has 0 aliphatic carbocycles. The highest BCUT2D eigenvalue weighted by Crippen LogP contribution is 2.20. The monoisotopic (exact) mass is 465 g/mol. The number of aromatic nitrogens is 4. The molecule has 152 valence electrons. The fraction of sp³-hybridized carbons (Fsp3) is 0.182. The molecule has 1 N–H and O–H groups in total. The van der Waals surface area contributed by atoms with E-state index in [0.29, 0.717) is 16.9 Å². The Morgan fingerprint density at radius 2 is 1.90 bits per heavy atom. The van der Waals surface area contributed by atoms with Gasteiger partial charge in [-0.2, -0.15) is 5.10 Å². The maximum absolute atomic E-state index is 13.0. The number of hydrogen-bond donors (Lipinski definition) is 1. The fourth-order valence-electron chi connectivity index (χ4n) is 3.29. The van der Waals surface area contributed by atoms with Crippen molar-refractivity contribution in [2.45, 2.75) is 26.8 Å². The van der Waals surface area contributed by atoms with Crippen LogP contribution in [0.1, 0.15) is 17.8 Å². The average Bonchev–Trinajstić information content (AvgIpc) is 3.15. The minimum Gasteiger partial charge on any atom is -0.326 e. The number of fused-ring (bicyclic) bond motifs is 1. The molecule has 0 aliphatic heterocycles. The number of halogens is 1. The Labute approximate surface area is 181 Å². The maximum atomic E-state index is 13.0. The van der Waals surface area contributed by atoms with Crippen molar-refractivity contribution in [1.82, 2.24) is 19.3 Å². The molecule has 0 saturated carbocycles. The quantitative estimate of drug-likeness (QED) is 0.482. The van der Waals surface area contributed by atoms with E-state index < -0.39 is 0 Å². The second kappa shape index (κ2) is 8.23. The van der Waals surface area contributed by atoms with Crippen LogP contribution in [0.4, 0.5) is 5.69 Å². The summed E-state index contributed by atoms with van der Waals surface area (Å²) in [6.07, 6.45) is 1.69. The van der Waals surface area contributed by atoms with Crippen molar-refractivity contribution in [2.75, 3.05) is 5.32 Å². The number of amides is 1. The molecule has 2 aromatic heterocycles. The van der Waals surface area contributed by atoms with Crippen LogP contribution in [0.5, 0.6) is 0 Å². The Bertz CT molecular complexity index is 1290. The van der Waals surface area contributed by atoms with Gasteiger partial charge in [0.2, 0.25) is 5.91 Å². The van der Waals surface area contributed by atoms with Crippen molar-refractivity contribution in [3.8, 4) is 5.69 Å². The van der Waals surface area contributed by atoms with Crippen LogP contribution < -0.4 is 10.9 Å². The van der Waals surface area contributed by atoms with Crippen LogP contribution in [0, 0.1) is 13.8 Å². The summed E-state index contributed by atoms with van der Waals surface area (Å²) in [5.41, 5.74) is 2.90. The van der Waals surface area contributed by atoms with Gasteiger partial charge < -0.3 is 5.32 Å². The minimum atomic E-state index is -0.202. The molecule has 0 radical (unpaired) electrons. The van der Waals surface area contributed by atoms with Crippen LogP contribution in [-0.4, -0.2) is 25.2 Å². The number of hydrogen-bond acceptors (Lipinski definition) is 4. The largest absolute Gasteiger partial charge is 0.326 e. The number of carbonyl (C=O) groups is 1. The lowest BCUT2D eigenvalue weighted by Crippen LogP contribution is -2.26. The van der Waals surface area contributed by atoms with Gasteiger partial charge in [-0.15, -0.1) is 0 Å². The molecule has 0 atom stereocenters. The first-order chi connectivity index (χ1) is 14.4. The molecule has 4 rings (SSSR count). The van der Waals surface area contributed by atoms with Crippen LogP contribution in [0.3, 0.4) is 0 Å². The van der Waals surface area contributed by atoms with Crippen LogP contribution in [0.15, 0.2) is 64.0 Å². The standard InChI is InChI=1S/C22H20BrN5O2/c1-14-12-16(8-9-19(14)23)26-20(29)10-11-27-15(2)25-21-18(22(27)30)13-24-28(21)17-6-4-3-5-7-17/h3-9,12-13H,10-11H2,1-2H3,(H,26,29). The molecule has 0 aliphatic rings. The Morgan fingerprint density at radius 1 is 1.13 bits per heavy atom. The summed E-state index contributed by atoms with van der Waals surface area (Å²) in [7, 11) is 0. The summed E-state index contributed by atoms with van der Waals surface area (Å²) in [5.74, 6) is 0.376. The third kappa shape index (κ3) is 3.91. The topological polar surface area (TPSA) is 81.8 Å². The number of aryl methyl sites for hydroxylation is 2. The molecule has 30 heavy (non-hydrogen) atoms. The first kappa shape index (κ1) is 20.0. The first-order valence-electron chi connectivity index (χ1n) is 9.50. The molecule has 0 bridgehead atoms. The third-order valence-electron chi connectivity index (χ3n) is 4.88. The lowest BCUT2D eigenvalue weighted by molar-refractivity contribution is -0.116. The minimum absolute atomic E-state index is 0.163. The van der Waals surface area contributed by atoms with E-state index in [-0.39, 0.29) is 24.4 Å². The average molecular weight is 466 g/mol. The van der Waals surface area contributed by atoms with E-state index in [9.17, 15) is 9.59 Å². The van der Waals surface area contributed by atoms with E-state index in [4.69, 9.17) is 0 Å². The normalized spacial score (nSPS) is 11.0. The summed E-state index contributed by atoms with van der Waals surface area (Å²) in [4.78, 5) is 29.9. The molecule has 1 amide bonds. The molecular weight excluding hydrogens is 446 g/mol. The summed E-state index contributed by atoms with van der Waals surface area (Å²) >= 11 is 3.44. The molecule has 0 fully saturated rings. The van der Waals surface area contributed by atoms with Crippen molar-refractivity contribution < 1.29 is 4.79 Å². The van der Waals surface area contributed by atoms with Crippen molar-refractivity contribution in [1.29, 1.82) is 0 Å². The van der Waals surface area contributed by atoms with Gasteiger partial charge in [-0.1, -0.05) is 34.1 Å². The zero-order chi connectivity index (χ0) is 21.3. The number of rotatable bonds is 5. The fourth-order valence-corrected chi connectivity index (χ4v) is 3.53. The van der Waals surface area contributed by atoms with Crippen molar-refractivity contribution in [2.24, 2.45) is 0 Å². The Morgan fingerprint density at radius 3 is 2.63 bits per heavy atom. The smallest absolute Gasteiger partial charge is 0.264 e. The second-order valence-electron chi connectivity index (χ2n) is 7.01. The summed E-state index contributed by atoms with van der Waals surface area (Å²) in [6, 6.07) is 15.2. The van der Waals surface area contributed by atoms with Crippen LogP contribution in [-0.2, 0) is 11.3 Å². The number of nitrogens with zero attached hydrogens (tertiary/aromatic N) is 4. The highest BCUT2D eigenvalue weighted by Gasteiger charge is 2.15. The molecular formula is C22H20BrN5O2. The zero-order valence-electron chi connectivity index (χ0n) is 16.6. The second-order valence-corrected chi connectivity index (χ2v) is 7.86. The lowest BCUT2D eigenvalue weighted by atomic mass is 10.2. The van der Waals surface area contributed by atoms with E-state index in [1.165, 1.54) is 10.8 Å². The zero-order valence-corrected chi connectivity index (χ0v) is 18.2. The number of anilines is 1. The Balaban J connectivity index is 1.55. The van der Waals surface area contributed by atoms with Crippen LogP contribution in [0.25, 0.3) is 16.7 Å². The molecule has 0 saturated heterocycles. The third-order valence-corrected chi connectivity index (χ3v) is 5.77. The Kier molecular flexibility index (Phi) is 5.50. The van der Waals surface area contributed by atoms with E-state index in [1.807, 2.05) is 55.5 Å².